The van der Waals surface area contributed by atoms with Crippen LogP contribution >= 0.6 is 0 Å². The number of hydrogen-bond donors (Lipinski definition) is 2. The minimum atomic E-state index is -3.62. The van der Waals surface area contributed by atoms with Gasteiger partial charge in [0.05, 0.1) is 0 Å². The zero-order chi connectivity index (χ0) is 13.2. The molecule has 2 N–H and O–H groups in total. The van der Waals surface area contributed by atoms with Crippen LogP contribution in [-0.4, -0.2) is 35.9 Å². The van der Waals surface area contributed by atoms with Gasteiger partial charge in [-0.2, -0.15) is 12.7 Å². The number of aromatic nitrogens is 1. The molecule has 0 amide bonds. The van der Waals surface area contributed by atoms with Gasteiger partial charge in [0.1, 0.15) is 0 Å². The summed E-state index contributed by atoms with van der Waals surface area (Å²) in [5.41, 5.74) is 0. The lowest BCUT2D eigenvalue weighted by molar-refractivity contribution is 0.289. The molecule has 1 aromatic rings. The lowest BCUT2D eigenvalue weighted by Gasteiger charge is -2.29. The van der Waals surface area contributed by atoms with Gasteiger partial charge < -0.3 is 5.11 Å². The molecule has 1 saturated heterocycles. The summed E-state index contributed by atoms with van der Waals surface area (Å²) >= 11 is 0. The van der Waals surface area contributed by atoms with Gasteiger partial charge in [-0.05, 0) is 30.9 Å². The predicted molar refractivity (Wildman–Crippen MR) is 68.4 cm³/mol. The van der Waals surface area contributed by atoms with Crippen LogP contribution < -0.4 is 4.72 Å². The fourth-order valence-electron chi connectivity index (χ4n) is 1.89. The third-order valence-corrected chi connectivity index (χ3v) is 4.59. The Morgan fingerprint density at radius 3 is 2.72 bits per heavy atom. The molecule has 0 aromatic carbocycles. The van der Waals surface area contributed by atoms with Crippen LogP contribution in [0.5, 0.6) is 5.75 Å². The monoisotopic (exact) mass is 271 g/mol. The summed E-state index contributed by atoms with van der Waals surface area (Å²) in [6.07, 6.45) is 3.14. The van der Waals surface area contributed by atoms with Crippen molar-refractivity contribution in [3.05, 3.63) is 18.3 Å². The van der Waals surface area contributed by atoms with Gasteiger partial charge in [0, 0.05) is 19.3 Å². The first kappa shape index (κ1) is 13.1. The van der Waals surface area contributed by atoms with Crippen molar-refractivity contribution in [3.8, 4) is 5.75 Å². The van der Waals surface area contributed by atoms with Crippen LogP contribution in [0, 0.1) is 5.92 Å². The predicted octanol–water partition coefficient (Wildman–Crippen LogP) is 1.18. The van der Waals surface area contributed by atoms with Crippen molar-refractivity contribution < 1.29 is 13.5 Å². The Hall–Kier alpha value is -1.34. The molecule has 1 fully saturated rings. The maximum absolute atomic E-state index is 12.1. The van der Waals surface area contributed by atoms with Gasteiger partial charge in [-0.1, -0.05) is 6.92 Å². The third kappa shape index (κ3) is 2.91. The highest BCUT2D eigenvalue weighted by Gasteiger charge is 2.27. The van der Waals surface area contributed by atoms with E-state index in [1.165, 1.54) is 22.6 Å². The van der Waals surface area contributed by atoms with Crippen molar-refractivity contribution in [2.45, 2.75) is 19.8 Å². The van der Waals surface area contributed by atoms with Gasteiger partial charge in [0.15, 0.2) is 11.6 Å². The fourth-order valence-corrected chi connectivity index (χ4v) is 3.11. The van der Waals surface area contributed by atoms with Crippen LogP contribution in [0.4, 0.5) is 5.82 Å². The van der Waals surface area contributed by atoms with E-state index in [1.54, 1.807) is 0 Å². The Kier molecular flexibility index (Phi) is 3.72. The summed E-state index contributed by atoms with van der Waals surface area (Å²) in [5.74, 6) is 0.349. The van der Waals surface area contributed by atoms with E-state index < -0.39 is 10.2 Å². The van der Waals surface area contributed by atoms with E-state index in [-0.39, 0.29) is 11.6 Å². The average molecular weight is 271 g/mol. The number of nitrogens with one attached hydrogen (secondary N) is 1. The molecule has 0 bridgehead atoms. The first-order valence-corrected chi connectivity index (χ1v) is 7.35. The molecule has 0 radical (unpaired) electrons. The molecule has 2 rings (SSSR count). The number of aromatic hydroxyl groups is 1. The number of anilines is 1. The smallest absolute Gasteiger partial charge is 0.302 e. The van der Waals surface area contributed by atoms with E-state index in [4.69, 9.17) is 0 Å². The maximum Gasteiger partial charge on any atom is 0.302 e. The second-order valence-corrected chi connectivity index (χ2v) is 6.23. The molecule has 1 aliphatic heterocycles. The lowest BCUT2D eigenvalue weighted by Crippen LogP contribution is -2.41. The van der Waals surface area contributed by atoms with Crippen LogP contribution in [-0.2, 0) is 10.2 Å². The van der Waals surface area contributed by atoms with E-state index in [1.807, 2.05) is 0 Å². The largest absolute Gasteiger partial charge is 0.504 e. The maximum atomic E-state index is 12.1. The van der Waals surface area contributed by atoms with E-state index in [0.29, 0.717) is 19.0 Å². The van der Waals surface area contributed by atoms with Crippen molar-refractivity contribution in [3.63, 3.8) is 0 Å². The number of nitrogens with zero attached hydrogens (tertiary/aromatic N) is 2. The number of hydrogen-bond acceptors (Lipinski definition) is 4. The molecule has 0 aliphatic carbocycles. The summed E-state index contributed by atoms with van der Waals surface area (Å²) in [7, 11) is -3.62. The van der Waals surface area contributed by atoms with Crippen LogP contribution in [0.3, 0.4) is 0 Å². The Bertz CT molecular complexity index is 510. The molecular formula is C11H17N3O3S. The average Bonchev–Trinajstić information content (AvgIpc) is 2.32. The Morgan fingerprint density at radius 1 is 1.44 bits per heavy atom. The van der Waals surface area contributed by atoms with Crippen LogP contribution in [0.25, 0.3) is 0 Å². The van der Waals surface area contributed by atoms with Crippen molar-refractivity contribution in [2.75, 3.05) is 17.8 Å². The Labute approximate surface area is 107 Å². The van der Waals surface area contributed by atoms with Crippen LogP contribution in [0.15, 0.2) is 18.3 Å². The Morgan fingerprint density at radius 2 is 2.11 bits per heavy atom. The van der Waals surface area contributed by atoms with Gasteiger partial charge in [-0.3, -0.25) is 4.72 Å². The van der Waals surface area contributed by atoms with E-state index in [9.17, 15) is 13.5 Å². The highest BCUT2D eigenvalue weighted by Crippen LogP contribution is 2.23. The molecule has 18 heavy (non-hydrogen) atoms. The van der Waals surface area contributed by atoms with E-state index in [2.05, 4.69) is 16.6 Å². The third-order valence-electron chi connectivity index (χ3n) is 3.09. The van der Waals surface area contributed by atoms with Crippen molar-refractivity contribution >= 4 is 16.0 Å². The van der Waals surface area contributed by atoms with Gasteiger partial charge in [-0.25, -0.2) is 4.98 Å². The van der Waals surface area contributed by atoms with Crippen molar-refractivity contribution in [2.24, 2.45) is 5.92 Å². The van der Waals surface area contributed by atoms with Crippen molar-refractivity contribution in [1.82, 2.24) is 9.29 Å². The minimum Gasteiger partial charge on any atom is -0.504 e. The van der Waals surface area contributed by atoms with Crippen LogP contribution in [0.2, 0.25) is 0 Å². The molecule has 2 heterocycles. The molecule has 0 saturated carbocycles. The first-order valence-electron chi connectivity index (χ1n) is 5.91. The quantitative estimate of drug-likeness (QED) is 0.864. The van der Waals surface area contributed by atoms with Gasteiger partial charge in [0.2, 0.25) is 0 Å². The number of pyridine rings is 1. The van der Waals surface area contributed by atoms with Gasteiger partial charge >= 0.3 is 10.2 Å². The van der Waals surface area contributed by atoms with E-state index in [0.717, 1.165) is 12.8 Å². The SMILES string of the molecule is CC1CCN(S(=O)(=O)Nc2ncccc2O)CC1. The highest BCUT2D eigenvalue weighted by molar-refractivity contribution is 7.90. The lowest BCUT2D eigenvalue weighted by atomic mass is 10.0. The minimum absolute atomic E-state index is 0.0314. The zero-order valence-corrected chi connectivity index (χ0v) is 11.0. The molecule has 0 unspecified atom stereocenters. The standard InChI is InChI=1S/C11H17N3O3S/c1-9-4-7-14(8-5-9)18(16,17)13-11-10(15)3-2-6-12-11/h2-3,6,9,15H,4-5,7-8H2,1H3,(H,12,13). The molecule has 100 valence electrons. The summed E-state index contributed by atoms with van der Waals surface area (Å²) in [6, 6.07) is 2.93. The summed E-state index contributed by atoms with van der Waals surface area (Å²) in [5, 5.41) is 9.51. The molecule has 1 aliphatic rings. The topological polar surface area (TPSA) is 82.5 Å². The normalized spacial score (nSPS) is 18.7. The second kappa shape index (κ2) is 5.11. The highest BCUT2D eigenvalue weighted by atomic mass is 32.2. The summed E-state index contributed by atoms with van der Waals surface area (Å²) in [6.45, 7) is 3.12. The van der Waals surface area contributed by atoms with E-state index >= 15 is 0 Å². The number of piperidine rings is 1. The van der Waals surface area contributed by atoms with Gasteiger partial charge in [0.25, 0.3) is 0 Å². The molecule has 1 aromatic heterocycles. The molecule has 6 nitrogen and oxygen atoms in total. The first-order chi connectivity index (χ1) is 8.49. The molecular weight excluding hydrogens is 254 g/mol. The fraction of sp³-hybridized carbons (Fsp3) is 0.545. The molecule has 0 atom stereocenters. The number of rotatable bonds is 3. The zero-order valence-electron chi connectivity index (χ0n) is 10.2. The summed E-state index contributed by atoms with van der Waals surface area (Å²) in [4.78, 5) is 3.81. The molecule has 0 spiro atoms. The van der Waals surface area contributed by atoms with Crippen LogP contribution in [0.1, 0.15) is 19.8 Å². The van der Waals surface area contributed by atoms with Gasteiger partial charge in [-0.15, -0.1) is 0 Å². The Balaban J connectivity index is 2.10. The molecule has 7 heteroatoms. The second-order valence-electron chi connectivity index (χ2n) is 4.56. The summed E-state index contributed by atoms with van der Waals surface area (Å²) < 4.78 is 27.9. The van der Waals surface area contributed by atoms with Crippen molar-refractivity contribution in [1.29, 1.82) is 0 Å².